The summed E-state index contributed by atoms with van der Waals surface area (Å²) in [5.74, 6) is 0.970. The van der Waals surface area contributed by atoms with Gasteiger partial charge in [-0.15, -0.1) is 10.2 Å². The predicted octanol–water partition coefficient (Wildman–Crippen LogP) is 1.18. The zero-order valence-electron chi connectivity index (χ0n) is 13.0. The van der Waals surface area contributed by atoms with Crippen molar-refractivity contribution in [3.8, 4) is 6.07 Å². The summed E-state index contributed by atoms with van der Waals surface area (Å²) in [7, 11) is 0. The van der Waals surface area contributed by atoms with E-state index in [-0.39, 0.29) is 5.91 Å². The van der Waals surface area contributed by atoms with Gasteiger partial charge in [-0.1, -0.05) is 11.3 Å². The van der Waals surface area contributed by atoms with Crippen LogP contribution in [0, 0.1) is 17.2 Å². The first-order valence-corrected chi connectivity index (χ1v) is 8.50. The van der Waals surface area contributed by atoms with Gasteiger partial charge in [-0.05, 0) is 31.0 Å². The highest BCUT2D eigenvalue weighted by Crippen LogP contribution is 2.18. The van der Waals surface area contributed by atoms with Crippen molar-refractivity contribution < 1.29 is 4.79 Å². The van der Waals surface area contributed by atoms with Crippen molar-refractivity contribution in [1.82, 2.24) is 20.1 Å². The van der Waals surface area contributed by atoms with Gasteiger partial charge >= 0.3 is 0 Å². The summed E-state index contributed by atoms with van der Waals surface area (Å²) in [6.07, 6.45) is 2.68. The number of rotatable bonds is 6. The summed E-state index contributed by atoms with van der Waals surface area (Å²) >= 11 is 1.30. The standard InChI is InChI=1S/C15H17N7OS/c16-6-12-2-1-4-17-14(12)18-7-11-3-5-22(8-11)9-13(23)20-15-21-19-10-24-15/h1-2,4,10-11H,3,5,7-9H2,(H,17,18)(H,20,21,23). The molecule has 1 unspecified atom stereocenters. The number of nitriles is 1. The number of carbonyl (C=O) groups excluding carboxylic acids is 1. The maximum Gasteiger partial charge on any atom is 0.240 e. The van der Waals surface area contributed by atoms with Crippen molar-refractivity contribution in [2.24, 2.45) is 5.92 Å². The van der Waals surface area contributed by atoms with Crippen LogP contribution >= 0.6 is 11.3 Å². The second-order valence-corrected chi connectivity index (χ2v) is 6.41. The molecule has 1 fully saturated rings. The van der Waals surface area contributed by atoms with Crippen molar-refractivity contribution in [1.29, 1.82) is 5.26 Å². The molecule has 1 atom stereocenters. The van der Waals surface area contributed by atoms with Crippen LogP contribution in [0.3, 0.4) is 0 Å². The van der Waals surface area contributed by atoms with Crippen molar-refractivity contribution in [3.63, 3.8) is 0 Å². The number of nitrogens with zero attached hydrogens (tertiary/aromatic N) is 5. The number of likely N-dealkylation sites (tertiary alicyclic amines) is 1. The first-order valence-electron chi connectivity index (χ1n) is 7.62. The SMILES string of the molecule is N#Cc1cccnc1NCC1CCN(CC(=O)Nc2nncs2)C1. The van der Waals surface area contributed by atoms with Crippen LogP contribution < -0.4 is 10.6 Å². The van der Waals surface area contributed by atoms with Crippen molar-refractivity contribution in [2.45, 2.75) is 6.42 Å². The van der Waals surface area contributed by atoms with E-state index in [2.05, 4.69) is 36.8 Å². The predicted molar refractivity (Wildman–Crippen MR) is 90.5 cm³/mol. The molecule has 124 valence electrons. The Morgan fingerprint density at radius 2 is 2.46 bits per heavy atom. The third kappa shape index (κ3) is 4.24. The molecule has 0 bridgehead atoms. The number of amides is 1. The summed E-state index contributed by atoms with van der Waals surface area (Å²) in [5, 5.41) is 23.1. The van der Waals surface area contributed by atoms with Crippen molar-refractivity contribution >= 4 is 28.2 Å². The van der Waals surface area contributed by atoms with Crippen LogP contribution in [0.5, 0.6) is 0 Å². The number of carbonyl (C=O) groups is 1. The van der Waals surface area contributed by atoms with E-state index in [0.29, 0.717) is 29.0 Å². The monoisotopic (exact) mass is 343 g/mol. The number of pyridine rings is 1. The molecule has 0 aromatic carbocycles. The van der Waals surface area contributed by atoms with Gasteiger partial charge in [0.05, 0.1) is 12.1 Å². The highest BCUT2D eigenvalue weighted by Gasteiger charge is 2.24. The third-order valence-corrected chi connectivity index (χ3v) is 4.44. The normalized spacial score (nSPS) is 17.4. The molecule has 1 aliphatic heterocycles. The molecular formula is C15H17N7OS. The average molecular weight is 343 g/mol. The molecule has 3 rings (SSSR count). The Balaban J connectivity index is 1.44. The lowest BCUT2D eigenvalue weighted by Gasteiger charge is -2.15. The minimum Gasteiger partial charge on any atom is -0.369 e. The van der Waals surface area contributed by atoms with Gasteiger partial charge in [-0.25, -0.2) is 4.98 Å². The molecule has 1 saturated heterocycles. The largest absolute Gasteiger partial charge is 0.369 e. The highest BCUT2D eigenvalue weighted by atomic mass is 32.1. The first-order chi connectivity index (χ1) is 11.7. The zero-order chi connectivity index (χ0) is 16.8. The maximum absolute atomic E-state index is 12.0. The number of hydrogen-bond acceptors (Lipinski definition) is 8. The Labute approximate surface area is 143 Å². The minimum atomic E-state index is -0.0724. The Morgan fingerprint density at radius 3 is 3.25 bits per heavy atom. The smallest absolute Gasteiger partial charge is 0.240 e. The summed E-state index contributed by atoms with van der Waals surface area (Å²) < 4.78 is 0. The molecule has 2 aromatic heterocycles. The third-order valence-electron chi connectivity index (χ3n) is 3.83. The average Bonchev–Trinajstić information content (AvgIpc) is 3.25. The lowest BCUT2D eigenvalue weighted by Crippen LogP contribution is -2.32. The van der Waals surface area contributed by atoms with E-state index in [1.807, 2.05) is 0 Å². The van der Waals surface area contributed by atoms with E-state index in [1.54, 1.807) is 23.8 Å². The Morgan fingerprint density at radius 1 is 1.54 bits per heavy atom. The van der Waals surface area contributed by atoms with Gasteiger partial charge in [0.25, 0.3) is 0 Å². The molecule has 2 N–H and O–H groups in total. The molecule has 1 aliphatic rings. The number of aromatic nitrogens is 3. The molecule has 3 heterocycles. The molecule has 8 nitrogen and oxygen atoms in total. The van der Waals surface area contributed by atoms with Gasteiger partial charge in [-0.3, -0.25) is 15.0 Å². The molecule has 2 aromatic rings. The minimum absolute atomic E-state index is 0.0724. The fourth-order valence-electron chi connectivity index (χ4n) is 2.69. The van der Waals surface area contributed by atoms with Crippen molar-refractivity contribution in [3.05, 3.63) is 29.4 Å². The second-order valence-electron chi connectivity index (χ2n) is 5.57. The van der Waals surface area contributed by atoms with Crippen LogP contribution in [0.2, 0.25) is 0 Å². The van der Waals surface area contributed by atoms with Gasteiger partial charge in [-0.2, -0.15) is 5.26 Å². The van der Waals surface area contributed by atoms with E-state index in [0.717, 1.165) is 26.1 Å². The van der Waals surface area contributed by atoms with Crippen LogP contribution in [0.1, 0.15) is 12.0 Å². The van der Waals surface area contributed by atoms with Crippen molar-refractivity contribution in [2.75, 3.05) is 36.8 Å². The molecule has 0 spiro atoms. The molecule has 0 aliphatic carbocycles. The van der Waals surface area contributed by atoms with E-state index in [9.17, 15) is 4.79 Å². The van der Waals surface area contributed by atoms with Gasteiger partial charge < -0.3 is 5.32 Å². The quantitative estimate of drug-likeness (QED) is 0.811. The number of hydrogen-bond donors (Lipinski definition) is 2. The van der Waals surface area contributed by atoms with Crippen LogP contribution in [-0.4, -0.2) is 52.2 Å². The Bertz CT molecular complexity index is 728. The van der Waals surface area contributed by atoms with Gasteiger partial charge in [0.2, 0.25) is 11.0 Å². The lowest BCUT2D eigenvalue weighted by atomic mass is 10.1. The highest BCUT2D eigenvalue weighted by molar-refractivity contribution is 7.13. The molecule has 0 saturated carbocycles. The van der Waals surface area contributed by atoms with Crippen LogP contribution in [-0.2, 0) is 4.79 Å². The molecule has 1 amide bonds. The molecule has 24 heavy (non-hydrogen) atoms. The van der Waals surface area contributed by atoms with Crippen LogP contribution in [0.25, 0.3) is 0 Å². The first kappa shape index (κ1) is 16.3. The van der Waals surface area contributed by atoms with E-state index in [1.165, 1.54) is 11.3 Å². The van der Waals surface area contributed by atoms with Gasteiger partial charge in [0, 0.05) is 19.3 Å². The van der Waals surface area contributed by atoms with Crippen LogP contribution in [0.4, 0.5) is 10.9 Å². The van der Waals surface area contributed by atoms with E-state index < -0.39 is 0 Å². The maximum atomic E-state index is 12.0. The topological polar surface area (TPSA) is 107 Å². The molecular weight excluding hydrogens is 326 g/mol. The summed E-state index contributed by atoms with van der Waals surface area (Å²) in [4.78, 5) is 18.3. The summed E-state index contributed by atoms with van der Waals surface area (Å²) in [5.41, 5.74) is 2.13. The van der Waals surface area contributed by atoms with Crippen LogP contribution in [0.15, 0.2) is 23.8 Å². The fourth-order valence-corrected chi connectivity index (χ4v) is 3.15. The summed E-state index contributed by atoms with van der Waals surface area (Å²) in [6.45, 7) is 2.80. The molecule has 0 radical (unpaired) electrons. The number of nitrogens with one attached hydrogen (secondary N) is 2. The fraction of sp³-hybridized carbons (Fsp3) is 0.400. The Hall–Kier alpha value is -2.57. The van der Waals surface area contributed by atoms with E-state index in [4.69, 9.17) is 5.26 Å². The van der Waals surface area contributed by atoms with Gasteiger partial charge in [0.1, 0.15) is 17.4 Å². The number of anilines is 2. The summed E-state index contributed by atoms with van der Waals surface area (Å²) in [6, 6.07) is 5.62. The Kier molecular flexibility index (Phi) is 5.30. The lowest BCUT2D eigenvalue weighted by molar-refractivity contribution is -0.117. The zero-order valence-corrected chi connectivity index (χ0v) is 13.8. The second kappa shape index (κ2) is 7.81. The van der Waals surface area contributed by atoms with Gasteiger partial charge in [0.15, 0.2) is 0 Å². The van der Waals surface area contributed by atoms with E-state index >= 15 is 0 Å². The molecule has 9 heteroatoms.